The maximum Gasteiger partial charge on any atom is 0.323 e. The summed E-state index contributed by atoms with van der Waals surface area (Å²) in [6, 6.07) is -0.317. The lowest BCUT2D eigenvalue weighted by Gasteiger charge is -2.39. The summed E-state index contributed by atoms with van der Waals surface area (Å²) in [6.07, 6.45) is 5.25. The lowest BCUT2D eigenvalue weighted by molar-refractivity contribution is -0.137. The Morgan fingerprint density at radius 3 is 2.83 bits per heavy atom. The average Bonchev–Trinajstić information content (AvgIpc) is 2.94. The maximum atomic E-state index is 12.1. The number of nitrogens with zero attached hydrogens (tertiary/aromatic N) is 2. The van der Waals surface area contributed by atoms with Crippen molar-refractivity contribution in [3.8, 4) is 0 Å². The predicted molar refractivity (Wildman–Crippen MR) is 90.5 cm³/mol. The van der Waals surface area contributed by atoms with Gasteiger partial charge in [-0.3, -0.25) is 10.1 Å². The van der Waals surface area contributed by atoms with E-state index in [1.807, 2.05) is 0 Å². The summed E-state index contributed by atoms with van der Waals surface area (Å²) in [5.74, 6) is -0.916. The van der Waals surface area contributed by atoms with Crippen molar-refractivity contribution < 1.29 is 19.4 Å². The van der Waals surface area contributed by atoms with Crippen LogP contribution >= 0.6 is 11.3 Å². The van der Waals surface area contributed by atoms with Gasteiger partial charge in [-0.25, -0.2) is 9.78 Å². The van der Waals surface area contributed by atoms with Crippen molar-refractivity contribution in [1.29, 1.82) is 0 Å². The van der Waals surface area contributed by atoms with E-state index in [2.05, 4.69) is 10.3 Å². The molecule has 132 valence electrons. The zero-order valence-electron chi connectivity index (χ0n) is 13.8. The molecule has 1 aliphatic carbocycles. The summed E-state index contributed by atoms with van der Waals surface area (Å²) in [6.45, 7) is 1.85. The summed E-state index contributed by atoms with van der Waals surface area (Å²) >= 11 is 1.55. The normalized spacial score (nSPS) is 18.9. The molecule has 1 aromatic rings. The molecule has 0 saturated carbocycles. The van der Waals surface area contributed by atoms with Gasteiger partial charge < -0.3 is 14.7 Å². The molecule has 0 unspecified atom stereocenters. The number of ether oxygens (including phenoxy) is 1. The first-order valence-corrected chi connectivity index (χ1v) is 9.09. The van der Waals surface area contributed by atoms with Gasteiger partial charge in [-0.15, -0.1) is 11.3 Å². The number of carboxylic acid groups (broad SMARTS) is 1. The Kier molecular flexibility index (Phi) is 5.05. The fourth-order valence-electron chi connectivity index (χ4n) is 3.37. The number of rotatable bonds is 4. The Labute approximate surface area is 145 Å². The van der Waals surface area contributed by atoms with Gasteiger partial charge >= 0.3 is 12.0 Å². The molecular weight excluding hydrogens is 330 g/mol. The molecule has 0 radical (unpaired) electrons. The highest BCUT2D eigenvalue weighted by Gasteiger charge is 2.37. The first-order valence-electron chi connectivity index (χ1n) is 8.28. The van der Waals surface area contributed by atoms with Crippen LogP contribution in [0.2, 0.25) is 0 Å². The van der Waals surface area contributed by atoms with Gasteiger partial charge in [0.15, 0.2) is 5.13 Å². The number of thiazole rings is 1. The number of hydrogen-bond acceptors (Lipinski definition) is 5. The van der Waals surface area contributed by atoms with Crippen molar-refractivity contribution >= 4 is 28.5 Å². The molecule has 2 N–H and O–H groups in total. The van der Waals surface area contributed by atoms with E-state index in [0.717, 1.165) is 51.0 Å². The van der Waals surface area contributed by atoms with Gasteiger partial charge in [-0.1, -0.05) is 0 Å². The fraction of sp³-hybridized carbons (Fsp3) is 0.688. The third-order valence-corrected chi connectivity index (χ3v) is 5.99. The minimum absolute atomic E-state index is 0.0666. The number of carboxylic acids is 1. The Hall–Kier alpha value is -1.67. The summed E-state index contributed by atoms with van der Waals surface area (Å²) in [7, 11) is 1.59. The largest absolute Gasteiger partial charge is 0.481 e. The summed E-state index contributed by atoms with van der Waals surface area (Å²) in [5, 5.41) is 12.1. The maximum absolute atomic E-state index is 12.1. The molecule has 1 aliphatic heterocycles. The van der Waals surface area contributed by atoms with Crippen molar-refractivity contribution in [2.45, 2.75) is 38.5 Å². The van der Waals surface area contributed by atoms with E-state index in [1.54, 1.807) is 18.4 Å². The molecule has 2 heterocycles. The highest BCUT2D eigenvalue weighted by Crippen LogP contribution is 2.45. The third kappa shape index (κ3) is 3.87. The molecule has 1 aromatic heterocycles. The Balaban J connectivity index is 1.61. The van der Waals surface area contributed by atoms with Gasteiger partial charge in [0, 0.05) is 31.7 Å². The minimum atomic E-state index is -0.916. The second-order valence-corrected chi connectivity index (χ2v) is 7.76. The van der Waals surface area contributed by atoms with E-state index >= 15 is 0 Å². The number of nitrogens with one attached hydrogen (secondary N) is 1. The smallest absolute Gasteiger partial charge is 0.323 e. The SMILES string of the molecule is CN(CCC(=O)O)C(=O)Nc1nc2c(s1)CC1(CCOCC1)CC2. The van der Waals surface area contributed by atoms with Gasteiger partial charge in [-0.05, 0) is 37.5 Å². The van der Waals surface area contributed by atoms with E-state index in [1.165, 1.54) is 9.78 Å². The van der Waals surface area contributed by atoms with Crippen molar-refractivity contribution in [3.63, 3.8) is 0 Å². The van der Waals surface area contributed by atoms with E-state index in [-0.39, 0.29) is 19.0 Å². The lowest BCUT2D eigenvalue weighted by Crippen LogP contribution is -2.34. The summed E-state index contributed by atoms with van der Waals surface area (Å²) in [4.78, 5) is 29.9. The number of carbonyl (C=O) groups excluding carboxylic acids is 1. The van der Waals surface area contributed by atoms with Crippen LogP contribution in [0.4, 0.5) is 9.93 Å². The van der Waals surface area contributed by atoms with E-state index < -0.39 is 5.97 Å². The number of urea groups is 1. The monoisotopic (exact) mass is 353 g/mol. The number of amides is 2. The molecular formula is C16H23N3O4S. The van der Waals surface area contributed by atoms with Crippen molar-refractivity contribution in [2.24, 2.45) is 5.41 Å². The molecule has 1 saturated heterocycles. The second kappa shape index (κ2) is 7.06. The summed E-state index contributed by atoms with van der Waals surface area (Å²) < 4.78 is 5.49. The first-order chi connectivity index (χ1) is 11.5. The highest BCUT2D eigenvalue weighted by molar-refractivity contribution is 7.15. The lowest BCUT2D eigenvalue weighted by atomic mass is 9.70. The number of anilines is 1. The van der Waals surface area contributed by atoms with Crippen LogP contribution in [0.25, 0.3) is 0 Å². The molecule has 2 amide bonds. The van der Waals surface area contributed by atoms with Crippen LogP contribution in [-0.4, -0.2) is 53.8 Å². The third-order valence-electron chi connectivity index (χ3n) is 4.98. The molecule has 3 rings (SSSR count). The molecule has 1 fully saturated rings. The molecule has 8 heteroatoms. The van der Waals surface area contributed by atoms with Gasteiger partial charge in [0.05, 0.1) is 12.1 Å². The molecule has 7 nitrogen and oxygen atoms in total. The van der Waals surface area contributed by atoms with Crippen LogP contribution in [0.5, 0.6) is 0 Å². The Bertz CT molecular complexity index is 625. The standard InChI is InChI=1S/C16H23N3O4S/c1-19(7-3-13(20)21)15(22)18-14-17-11-2-4-16(10-12(11)24-14)5-8-23-9-6-16/h2-10H2,1H3,(H,20,21)(H,17,18,22). The van der Waals surface area contributed by atoms with Crippen LogP contribution in [0.3, 0.4) is 0 Å². The molecule has 0 atom stereocenters. The number of carbonyl (C=O) groups is 2. The van der Waals surface area contributed by atoms with Gasteiger partial charge in [0.1, 0.15) is 0 Å². The highest BCUT2D eigenvalue weighted by atomic mass is 32.1. The van der Waals surface area contributed by atoms with Crippen LogP contribution in [0, 0.1) is 5.41 Å². The molecule has 0 aromatic carbocycles. The van der Waals surface area contributed by atoms with E-state index in [4.69, 9.17) is 9.84 Å². The number of aryl methyl sites for hydroxylation is 1. The fourth-order valence-corrected chi connectivity index (χ4v) is 4.54. The first kappa shape index (κ1) is 17.2. The van der Waals surface area contributed by atoms with Crippen LogP contribution in [0.15, 0.2) is 0 Å². The average molecular weight is 353 g/mol. The number of aromatic nitrogens is 1. The second-order valence-electron chi connectivity index (χ2n) is 6.67. The minimum Gasteiger partial charge on any atom is -0.481 e. The van der Waals surface area contributed by atoms with Crippen LogP contribution in [0.1, 0.15) is 36.3 Å². The summed E-state index contributed by atoms with van der Waals surface area (Å²) in [5.41, 5.74) is 1.44. The zero-order valence-corrected chi connectivity index (χ0v) is 14.7. The molecule has 2 aliphatic rings. The molecule has 24 heavy (non-hydrogen) atoms. The van der Waals surface area contributed by atoms with E-state index in [9.17, 15) is 9.59 Å². The molecule has 0 bridgehead atoms. The quantitative estimate of drug-likeness (QED) is 0.867. The van der Waals surface area contributed by atoms with Gasteiger partial charge in [-0.2, -0.15) is 0 Å². The van der Waals surface area contributed by atoms with Crippen molar-refractivity contribution in [3.05, 3.63) is 10.6 Å². The Morgan fingerprint density at radius 1 is 1.38 bits per heavy atom. The van der Waals surface area contributed by atoms with E-state index in [0.29, 0.717) is 10.5 Å². The number of hydrogen-bond donors (Lipinski definition) is 2. The van der Waals surface area contributed by atoms with Crippen LogP contribution < -0.4 is 5.32 Å². The number of aliphatic carboxylic acids is 1. The predicted octanol–water partition coefficient (Wildman–Crippen LogP) is 2.37. The topological polar surface area (TPSA) is 91.8 Å². The number of fused-ring (bicyclic) bond motifs is 1. The van der Waals surface area contributed by atoms with Crippen molar-refractivity contribution in [1.82, 2.24) is 9.88 Å². The van der Waals surface area contributed by atoms with Gasteiger partial charge in [0.25, 0.3) is 0 Å². The Morgan fingerprint density at radius 2 is 2.12 bits per heavy atom. The zero-order chi connectivity index (χ0) is 17.2. The molecule has 1 spiro atoms. The van der Waals surface area contributed by atoms with Gasteiger partial charge in [0.2, 0.25) is 0 Å². The van der Waals surface area contributed by atoms with Crippen molar-refractivity contribution in [2.75, 3.05) is 32.1 Å². The van der Waals surface area contributed by atoms with Crippen LogP contribution in [-0.2, 0) is 22.4 Å².